The highest BCUT2D eigenvalue weighted by Gasteiger charge is 2.31. The molecule has 0 aliphatic carbocycles. The van der Waals surface area contributed by atoms with Crippen LogP contribution in [0.1, 0.15) is 46.9 Å². The summed E-state index contributed by atoms with van der Waals surface area (Å²) in [4.78, 5) is 24.4. The SMILES string of the molecule is C[C@H]1CCCCN1S(=O)(=O)c1cccc(C(=O)NNC(=O)c2ccc(F)cc2)c1. The predicted molar refractivity (Wildman–Crippen MR) is 105 cm³/mol. The number of piperidine rings is 1. The van der Waals surface area contributed by atoms with Gasteiger partial charge in [-0.05, 0) is 62.2 Å². The average Bonchev–Trinajstić information content (AvgIpc) is 2.72. The summed E-state index contributed by atoms with van der Waals surface area (Å²) in [5, 5.41) is 0. The molecule has 29 heavy (non-hydrogen) atoms. The molecule has 0 aromatic heterocycles. The molecule has 1 fully saturated rings. The molecule has 0 unspecified atom stereocenters. The van der Waals surface area contributed by atoms with Gasteiger partial charge >= 0.3 is 0 Å². The zero-order valence-corrected chi connectivity index (χ0v) is 16.7. The van der Waals surface area contributed by atoms with Crippen molar-refractivity contribution in [2.24, 2.45) is 0 Å². The number of hydrazine groups is 1. The predicted octanol–water partition coefficient (Wildman–Crippen LogP) is 2.46. The van der Waals surface area contributed by atoms with E-state index >= 15 is 0 Å². The second-order valence-corrected chi connectivity index (χ2v) is 8.79. The number of amides is 2. The van der Waals surface area contributed by atoms with Gasteiger partial charge in [0.1, 0.15) is 5.82 Å². The molecule has 2 N–H and O–H groups in total. The molecule has 1 saturated heterocycles. The van der Waals surface area contributed by atoms with E-state index in [-0.39, 0.29) is 22.1 Å². The van der Waals surface area contributed by atoms with Crippen LogP contribution in [-0.4, -0.2) is 37.1 Å². The van der Waals surface area contributed by atoms with Crippen molar-refractivity contribution in [3.05, 3.63) is 65.5 Å². The van der Waals surface area contributed by atoms with Crippen molar-refractivity contribution in [1.29, 1.82) is 0 Å². The molecule has 2 amide bonds. The standard InChI is InChI=1S/C20H22FN3O4S/c1-14-5-2-3-12-24(14)29(27,28)18-7-4-6-16(13-18)20(26)23-22-19(25)15-8-10-17(21)11-9-15/h4,6-11,13-14H,2-3,5,12H2,1H3,(H,22,25)(H,23,26)/t14-/m0/s1. The Balaban J connectivity index is 1.70. The molecule has 1 aliphatic rings. The third-order valence-electron chi connectivity index (χ3n) is 4.84. The van der Waals surface area contributed by atoms with Crippen molar-refractivity contribution in [3.8, 4) is 0 Å². The lowest BCUT2D eigenvalue weighted by Crippen LogP contribution is -2.42. The summed E-state index contributed by atoms with van der Waals surface area (Å²) in [7, 11) is -3.72. The van der Waals surface area contributed by atoms with Gasteiger partial charge in [-0.25, -0.2) is 12.8 Å². The van der Waals surface area contributed by atoms with Gasteiger partial charge in [-0.1, -0.05) is 12.5 Å². The number of hydrogen-bond donors (Lipinski definition) is 2. The quantitative estimate of drug-likeness (QED) is 0.745. The Kier molecular flexibility index (Phi) is 6.29. The van der Waals surface area contributed by atoms with Gasteiger partial charge in [0.05, 0.1) is 4.90 Å². The van der Waals surface area contributed by atoms with Crippen LogP contribution < -0.4 is 10.9 Å². The van der Waals surface area contributed by atoms with E-state index in [0.29, 0.717) is 6.54 Å². The minimum Gasteiger partial charge on any atom is -0.267 e. The number of nitrogens with one attached hydrogen (secondary N) is 2. The van der Waals surface area contributed by atoms with Gasteiger partial charge in [0.15, 0.2) is 0 Å². The van der Waals surface area contributed by atoms with E-state index in [1.54, 1.807) is 0 Å². The Morgan fingerprint density at radius 1 is 1.00 bits per heavy atom. The van der Waals surface area contributed by atoms with Gasteiger partial charge in [0.25, 0.3) is 11.8 Å². The molecule has 1 heterocycles. The van der Waals surface area contributed by atoms with Crippen LogP contribution in [-0.2, 0) is 10.0 Å². The second-order valence-electron chi connectivity index (χ2n) is 6.90. The maximum atomic E-state index is 12.9. The lowest BCUT2D eigenvalue weighted by Gasteiger charge is -2.32. The molecule has 1 atom stereocenters. The first kappa shape index (κ1) is 20.9. The number of rotatable bonds is 4. The molecular formula is C20H22FN3O4S. The molecule has 0 bridgehead atoms. The Morgan fingerprint density at radius 3 is 2.31 bits per heavy atom. The van der Waals surface area contributed by atoms with Crippen LogP contribution in [0.25, 0.3) is 0 Å². The summed E-state index contributed by atoms with van der Waals surface area (Å²) >= 11 is 0. The van der Waals surface area contributed by atoms with Crippen LogP contribution in [0.5, 0.6) is 0 Å². The van der Waals surface area contributed by atoms with Crippen LogP contribution in [0.4, 0.5) is 4.39 Å². The molecule has 154 valence electrons. The Hall–Kier alpha value is -2.78. The Morgan fingerprint density at radius 2 is 1.66 bits per heavy atom. The molecule has 7 nitrogen and oxygen atoms in total. The summed E-state index contributed by atoms with van der Waals surface area (Å²) in [6.45, 7) is 2.33. The maximum absolute atomic E-state index is 12.9. The van der Waals surface area contributed by atoms with E-state index in [9.17, 15) is 22.4 Å². The van der Waals surface area contributed by atoms with Gasteiger partial charge in [-0.2, -0.15) is 4.31 Å². The molecule has 2 aromatic carbocycles. The average molecular weight is 419 g/mol. The van der Waals surface area contributed by atoms with Gasteiger partial charge in [0, 0.05) is 23.7 Å². The van der Waals surface area contributed by atoms with E-state index < -0.39 is 27.7 Å². The van der Waals surface area contributed by atoms with Crippen molar-refractivity contribution in [3.63, 3.8) is 0 Å². The number of carbonyl (C=O) groups is 2. The number of hydrogen-bond acceptors (Lipinski definition) is 4. The molecule has 9 heteroatoms. The van der Waals surface area contributed by atoms with Gasteiger partial charge in [-0.3, -0.25) is 20.4 Å². The fourth-order valence-corrected chi connectivity index (χ4v) is 4.97. The highest BCUT2D eigenvalue weighted by atomic mass is 32.2. The summed E-state index contributed by atoms with van der Waals surface area (Å²) in [6, 6.07) is 10.4. The first-order chi connectivity index (χ1) is 13.8. The lowest BCUT2D eigenvalue weighted by atomic mass is 10.1. The van der Waals surface area contributed by atoms with Crippen molar-refractivity contribution in [1.82, 2.24) is 15.2 Å². The van der Waals surface area contributed by atoms with Gasteiger partial charge < -0.3 is 0 Å². The maximum Gasteiger partial charge on any atom is 0.269 e. The molecule has 3 rings (SSSR count). The number of carbonyl (C=O) groups excluding carboxylic acids is 2. The normalized spacial score (nSPS) is 17.5. The van der Waals surface area contributed by atoms with Crippen LogP contribution in [0.3, 0.4) is 0 Å². The lowest BCUT2D eigenvalue weighted by molar-refractivity contribution is 0.0846. The zero-order chi connectivity index (χ0) is 21.0. The number of nitrogens with zero attached hydrogens (tertiary/aromatic N) is 1. The molecule has 0 radical (unpaired) electrons. The van der Waals surface area contributed by atoms with Crippen LogP contribution >= 0.6 is 0 Å². The fraction of sp³-hybridized carbons (Fsp3) is 0.300. The van der Waals surface area contributed by atoms with Crippen LogP contribution in [0.2, 0.25) is 0 Å². The topological polar surface area (TPSA) is 95.6 Å². The van der Waals surface area contributed by atoms with E-state index in [1.165, 1.54) is 40.7 Å². The highest BCUT2D eigenvalue weighted by molar-refractivity contribution is 7.89. The summed E-state index contributed by atoms with van der Waals surface area (Å²) < 4.78 is 40.3. The summed E-state index contributed by atoms with van der Waals surface area (Å²) in [6.07, 6.45) is 2.59. The minimum absolute atomic E-state index is 0.0313. The number of halogens is 1. The van der Waals surface area contributed by atoms with Gasteiger partial charge in [0.2, 0.25) is 10.0 Å². The Labute approximate surface area is 168 Å². The van der Waals surface area contributed by atoms with E-state index in [2.05, 4.69) is 10.9 Å². The molecule has 1 aliphatic heterocycles. The fourth-order valence-electron chi connectivity index (χ4n) is 3.22. The zero-order valence-electron chi connectivity index (χ0n) is 15.9. The van der Waals surface area contributed by atoms with Gasteiger partial charge in [-0.15, -0.1) is 0 Å². The number of benzene rings is 2. The van der Waals surface area contributed by atoms with E-state index in [4.69, 9.17) is 0 Å². The summed E-state index contributed by atoms with van der Waals surface area (Å²) in [5.74, 6) is -1.76. The van der Waals surface area contributed by atoms with Crippen molar-refractivity contribution >= 4 is 21.8 Å². The van der Waals surface area contributed by atoms with Crippen molar-refractivity contribution in [2.75, 3.05) is 6.54 Å². The first-order valence-corrected chi connectivity index (χ1v) is 10.7. The number of sulfonamides is 1. The first-order valence-electron chi connectivity index (χ1n) is 9.27. The van der Waals surface area contributed by atoms with E-state index in [1.807, 2.05) is 6.92 Å². The van der Waals surface area contributed by atoms with Crippen molar-refractivity contribution < 1.29 is 22.4 Å². The third kappa shape index (κ3) is 4.80. The van der Waals surface area contributed by atoms with E-state index in [0.717, 1.165) is 31.4 Å². The molecule has 0 spiro atoms. The molecule has 2 aromatic rings. The largest absolute Gasteiger partial charge is 0.269 e. The smallest absolute Gasteiger partial charge is 0.267 e. The van der Waals surface area contributed by atoms with Crippen LogP contribution in [0, 0.1) is 5.82 Å². The summed E-state index contributed by atoms with van der Waals surface area (Å²) in [5.41, 5.74) is 4.72. The van der Waals surface area contributed by atoms with Crippen molar-refractivity contribution in [2.45, 2.75) is 37.1 Å². The highest BCUT2D eigenvalue weighted by Crippen LogP contribution is 2.25. The molecular weight excluding hydrogens is 397 g/mol. The third-order valence-corrected chi connectivity index (χ3v) is 6.85. The second kappa shape index (κ2) is 8.71. The monoisotopic (exact) mass is 419 g/mol. The Bertz CT molecular complexity index is 1010. The minimum atomic E-state index is -3.72. The molecule has 0 saturated carbocycles. The van der Waals surface area contributed by atoms with Crippen LogP contribution in [0.15, 0.2) is 53.4 Å².